The van der Waals surface area contributed by atoms with Crippen molar-refractivity contribution in [2.24, 2.45) is 0 Å². The second-order valence-electron chi connectivity index (χ2n) is 3.81. The van der Waals surface area contributed by atoms with Crippen LogP contribution in [0.2, 0.25) is 0 Å². The maximum Gasteiger partial charge on any atom is 0.257 e. The van der Waals surface area contributed by atoms with Gasteiger partial charge in [-0.25, -0.2) is 4.39 Å². The molecule has 0 spiro atoms. The molecule has 0 saturated heterocycles. The molecule has 0 radical (unpaired) electrons. The minimum Gasteiger partial charge on any atom is -0.378 e. The van der Waals surface area contributed by atoms with Crippen LogP contribution in [0.5, 0.6) is 0 Å². The lowest BCUT2D eigenvalue weighted by molar-refractivity contribution is -0.124. The van der Waals surface area contributed by atoms with Crippen LogP contribution in [0.25, 0.3) is 0 Å². The van der Waals surface area contributed by atoms with Crippen LogP contribution in [0, 0.1) is 5.82 Å². The third kappa shape index (κ3) is 2.93. The summed E-state index contributed by atoms with van der Waals surface area (Å²) in [5, 5.41) is 12.3. The molecule has 0 aliphatic heterocycles. The smallest absolute Gasteiger partial charge is 0.257 e. The highest BCUT2D eigenvalue weighted by Gasteiger charge is 2.16. The summed E-state index contributed by atoms with van der Waals surface area (Å²) < 4.78 is 12.9. The quantitative estimate of drug-likeness (QED) is 0.872. The van der Waals surface area contributed by atoms with Gasteiger partial charge >= 0.3 is 0 Å². The van der Waals surface area contributed by atoms with Crippen LogP contribution < -0.4 is 5.32 Å². The molecule has 0 unspecified atom stereocenters. The van der Waals surface area contributed by atoms with E-state index in [4.69, 9.17) is 0 Å². The molecule has 2 aromatic carbocycles. The van der Waals surface area contributed by atoms with Crippen LogP contribution in [0.15, 0.2) is 54.6 Å². The Morgan fingerprint density at radius 1 is 1.11 bits per heavy atom. The number of nitrogens with one attached hydrogen (secondary N) is 1. The van der Waals surface area contributed by atoms with Crippen molar-refractivity contribution in [3.63, 3.8) is 0 Å². The van der Waals surface area contributed by atoms with Gasteiger partial charge in [0.25, 0.3) is 5.91 Å². The van der Waals surface area contributed by atoms with Gasteiger partial charge in [0.1, 0.15) is 5.82 Å². The molecule has 4 heteroatoms. The fraction of sp³-hybridized carbons (Fsp3) is 0.0714. The normalized spacial score (nSPS) is 11.9. The maximum absolute atomic E-state index is 12.9. The van der Waals surface area contributed by atoms with Gasteiger partial charge in [-0.15, -0.1) is 0 Å². The number of anilines is 1. The van der Waals surface area contributed by atoms with E-state index in [-0.39, 0.29) is 0 Å². The first-order chi connectivity index (χ1) is 8.66. The molecule has 2 rings (SSSR count). The van der Waals surface area contributed by atoms with Gasteiger partial charge in [0.2, 0.25) is 0 Å². The highest BCUT2D eigenvalue weighted by molar-refractivity contribution is 5.94. The van der Waals surface area contributed by atoms with Crippen LogP contribution in [-0.2, 0) is 4.79 Å². The molecule has 2 aromatic rings. The zero-order valence-corrected chi connectivity index (χ0v) is 9.51. The first-order valence-corrected chi connectivity index (χ1v) is 5.46. The predicted molar refractivity (Wildman–Crippen MR) is 66.4 cm³/mol. The summed E-state index contributed by atoms with van der Waals surface area (Å²) in [6.45, 7) is 0. The van der Waals surface area contributed by atoms with Gasteiger partial charge in [-0.2, -0.15) is 0 Å². The van der Waals surface area contributed by atoms with Crippen molar-refractivity contribution in [2.45, 2.75) is 6.10 Å². The summed E-state index contributed by atoms with van der Waals surface area (Å²) in [6, 6.07) is 14.1. The van der Waals surface area contributed by atoms with E-state index in [1.165, 1.54) is 18.2 Å². The van der Waals surface area contributed by atoms with Gasteiger partial charge in [-0.1, -0.05) is 36.4 Å². The lowest BCUT2D eigenvalue weighted by Gasteiger charge is -2.11. The number of carbonyl (C=O) groups excluding carboxylic acids is 1. The third-order valence-electron chi connectivity index (χ3n) is 2.46. The Kier molecular flexibility index (Phi) is 3.69. The number of benzene rings is 2. The van der Waals surface area contributed by atoms with Gasteiger partial charge < -0.3 is 10.4 Å². The largest absolute Gasteiger partial charge is 0.378 e. The molecule has 0 heterocycles. The number of aliphatic hydroxyl groups is 1. The summed E-state index contributed by atoms with van der Waals surface area (Å²) >= 11 is 0. The van der Waals surface area contributed by atoms with Crippen LogP contribution in [0.4, 0.5) is 10.1 Å². The third-order valence-corrected chi connectivity index (χ3v) is 2.46. The molecule has 0 aromatic heterocycles. The van der Waals surface area contributed by atoms with E-state index in [0.29, 0.717) is 11.3 Å². The zero-order valence-electron chi connectivity index (χ0n) is 9.51. The minimum atomic E-state index is -1.27. The summed E-state index contributed by atoms with van der Waals surface area (Å²) in [5.41, 5.74) is 0.807. The molecule has 92 valence electrons. The van der Waals surface area contributed by atoms with Crippen molar-refractivity contribution in [3.05, 3.63) is 66.0 Å². The van der Waals surface area contributed by atoms with Crippen molar-refractivity contribution in [1.29, 1.82) is 0 Å². The Morgan fingerprint density at radius 2 is 1.83 bits per heavy atom. The van der Waals surface area contributed by atoms with E-state index < -0.39 is 17.8 Å². The molecule has 1 amide bonds. The van der Waals surface area contributed by atoms with Crippen molar-refractivity contribution in [3.8, 4) is 0 Å². The summed E-state index contributed by atoms with van der Waals surface area (Å²) in [6.07, 6.45) is -1.27. The number of rotatable bonds is 3. The van der Waals surface area contributed by atoms with Crippen molar-refractivity contribution in [2.75, 3.05) is 5.32 Å². The van der Waals surface area contributed by atoms with E-state index >= 15 is 0 Å². The predicted octanol–water partition coefficient (Wildman–Crippen LogP) is 2.50. The maximum atomic E-state index is 12.9. The second-order valence-corrected chi connectivity index (χ2v) is 3.81. The van der Waals surface area contributed by atoms with E-state index in [1.54, 1.807) is 36.4 Å². The Bertz CT molecular complexity index is 543. The molecule has 3 nitrogen and oxygen atoms in total. The molecule has 0 saturated carbocycles. The van der Waals surface area contributed by atoms with Crippen LogP contribution in [0.1, 0.15) is 11.7 Å². The van der Waals surface area contributed by atoms with Gasteiger partial charge in [-0.05, 0) is 23.8 Å². The molecule has 18 heavy (non-hydrogen) atoms. The Balaban J connectivity index is 2.09. The first kappa shape index (κ1) is 12.3. The van der Waals surface area contributed by atoms with Gasteiger partial charge in [0, 0.05) is 5.69 Å². The van der Waals surface area contributed by atoms with Crippen LogP contribution in [-0.4, -0.2) is 11.0 Å². The average Bonchev–Trinajstić information content (AvgIpc) is 2.39. The van der Waals surface area contributed by atoms with Crippen molar-refractivity contribution >= 4 is 11.6 Å². The molecule has 0 bridgehead atoms. The Labute approximate surface area is 104 Å². The van der Waals surface area contributed by atoms with Gasteiger partial charge in [0.05, 0.1) is 0 Å². The summed E-state index contributed by atoms with van der Waals surface area (Å²) in [4.78, 5) is 11.7. The number of aliphatic hydroxyl groups excluding tert-OH is 1. The standard InChI is InChI=1S/C14H12FNO2/c15-11-7-4-8-12(9-11)16-14(18)13(17)10-5-2-1-3-6-10/h1-9,13,17H,(H,16,18)/t13-/m1/s1. The van der Waals surface area contributed by atoms with Gasteiger partial charge in [-0.3, -0.25) is 4.79 Å². The zero-order chi connectivity index (χ0) is 13.0. The Hall–Kier alpha value is -2.20. The summed E-state index contributed by atoms with van der Waals surface area (Å²) in [7, 11) is 0. The van der Waals surface area contributed by atoms with Crippen molar-refractivity contribution in [1.82, 2.24) is 0 Å². The molecule has 0 fully saturated rings. The van der Waals surface area contributed by atoms with Crippen molar-refractivity contribution < 1.29 is 14.3 Å². The number of hydrogen-bond donors (Lipinski definition) is 2. The van der Waals surface area contributed by atoms with Crippen LogP contribution in [0.3, 0.4) is 0 Å². The minimum absolute atomic E-state index is 0.315. The first-order valence-electron chi connectivity index (χ1n) is 5.46. The number of halogens is 1. The SMILES string of the molecule is O=C(Nc1cccc(F)c1)[C@H](O)c1ccccc1. The van der Waals surface area contributed by atoms with E-state index in [1.807, 2.05) is 0 Å². The molecular formula is C14H12FNO2. The van der Waals surface area contributed by atoms with E-state index in [0.717, 1.165) is 0 Å². The highest BCUT2D eigenvalue weighted by Crippen LogP contribution is 2.16. The second kappa shape index (κ2) is 5.42. The van der Waals surface area contributed by atoms with E-state index in [9.17, 15) is 14.3 Å². The Morgan fingerprint density at radius 3 is 2.50 bits per heavy atom. The highest BCUT2D eigenvalue weighted by atomic mass is 19.1. The lowest BCUT2D eigenvalue weighted by Crippen LogP contribution is -2.20. The van der Waals surface area contributed by atoms with E-state index in [2.05, 4.69) is 5.32 Å². The lowest BCUT2D eigenvalue weighted by atomic mass is 10.1. The molecule has 0 aliphatic carbocycles. The summed E-state index contributed by atoms with van der Waals surface area (Å²) in [5.74, 6) is -1.03. The molecule has 1 atom stereocenters. The fourth-order valence-electron chi connectivity index (χ4n) is 1.56. The number of hydrogen-bond acceptors (Lipinski definition) is 2. The topological polar surface area (TPSA) is 49.3 Å². The molecule has 0 aliphatic rings. The molecular weight excluding hydrogens is 233 g/mol. The number of amides is 1. The van der Waals surface area contributed by atoms with Gasteiger partial charge in [0.15, 0.2) is 6.10 Å². The molecule has 2 N–H and O–H groups in total. The number of carbonyl (C=O) groups is 1. The van der Waals surface area contributed by atoms with Crippen LogP contribution >= 0.6 is 0 Å². The average molecular weight is 245 g/mol. The fourth-order valence-corrected chi connectivity index (χ4v) is 1.56. The monoisotopic (exact) mass is 245 g/mol.